The van der Waals surface area contributed by atoms with Gasteiger partial charge in [-0.2, -0.15) is 0 Å². The normalized spacial score (nSPS) is 15.4. The largest absolute Gasteiger partial charge is 0.379 e. The van der Waals surface area contributed by atoms with Crippen molar-refractivity contribution in [1.82, 2.24) is 15.5 Å². The van der Waals surface area contributed by atoms with Gasteiger partial charge in [-0.25, -0.2) is 9.38 Å². The highest BCUT2D eigenvalue weighted by atomic mass is 127. The van der Waals surface area contributed by atoms with Crippen LogP contribution in [0.25, 0.3) is 0 Å². The first-order chi connectivity index (χ1) is 12.2. The van der Waals surface area contributed by atoms with Crippen LogP contribution in [0.2, 0.25) is 0 Å². The first-order valence-corrected chi connectivity index (χ1v) is 9.26. The highest BCUT2D eigenvalue weighted by molar-refractivity contribution is 14.0. The zero-order chi connectivity index (χ0) is 17.9. The third-order valence-corrected chi connectivity index (χ3v) is 4.30. The number of hydrogen-bond donors (Lipinski definition) is 2. The molecule has 1 saturated heterocycles. The molecule has 0 radical (unpaired) electrons. The van der Waals surface area contributed by atoms with E-state index >= 15 is 0 Å². The number of rotatable bonds is 8. The van der Waals surface area contributed by atoms with E-state index in [1.165, 1.54) is 0 Å². The number of nitrogens with zero attached hydrogens (tertiary/aromatic N) is 2. The molecule has 0 atom stereocenters. The second kappa shape index (κ2) is 13.3. The minimum atomic E-state index is -0.172. The van der Waals surface area contributed by atoms with Crippen LogP contribution in [0.3, 0.4) is 0 Å². The molecule has 1 aromatic rings. The molecule has 1 heterocycles. The molecule has 26 heavy (non-hydrogen) atoms. The van der Waals surface area contributed by atoms with E-state index in [-0.39, 0.29) is 29.8 Å². The lowest BCUT2D eigenvalue weighted by Crippen LogP contribution is -2.39. The van der Waals surface area contributed by atoms with Gasteiger partial charge in [-0.3, -0.25) is 4.90 Å². The lowest BCUT2D eigenvalue weighted by Gasteiger charge is -2.26. The van der Waals surface area contributed by atoms with Gasteiger partial charge in [0.25, 0.3) is 0 Å². The number of ether oxygens (including phenoxy) is 1. The summed E-state index contributed by atoms with van der Waals surface area (Å²) in [6.45, 7) is 10.9. The summed E-state index contributed by atoms with van der Waals surface area (Å²) >= 11 is 0. The molecule has 0 saturated carbocycles. The molecule has 0 aliphatic carbocycles. The molecule has 0 spiro atoms. The predicted molar refractivity (Wildman–Crippen MR) is 116 cm³/mol. The summed E-state index contributed by atoms with van der Waals surface area (Å²) in [5.41, 5.74) is 1.55. The first kappa shape index (κ1) is 23.1. The van der Waals surface area contributed by atoms with Crippen molar-refractivity contribution in [3.05, 3.63) is 35.1 Å². The molecule has 2 rings (SSSR count). The van der Waals surface area contributed by atoms with E-state index < -0.39 is 0 Å². The highest BCUT2D eigenvalue weighted by Crippen LogP contribution is 2.10. The van der Waals surface area contributed by atoms with Crippen LogP contribution >= 0.6 is 24.0 Å². The van der Waals surface area contributed by atoms with E-state index in [1.54, 1.807) is 19.1 Å². The van der Waals surface area contributed by atoms with Crippen molar-refractivity contribution in [3.8, 4) is 0 Å². The molecule has 0 bridgehead atoms. The van der Waals surface area contributed by atoms with Crippen LogP contribution in [0.5, 0.6) is 0 Å². The molecular formula is C19H32FIN4O. The second-order valence-corrected chi connectivity index (χ2v) is 6.37. The molecule has 2 N–H and O–H groups in total. The molecule has 1 aliphatic rings. The van der Waals surface area contributed by atoms with Crippen LogP contribution in [-0.4, -0.2) is 56.8 Å². The quantitative estimate of drug-likeness (QED) is 0.261. The fourth-order valence-electron chi connectivity index (χ4n) is 2.74. The van der Waals surface area contributed by atoms with Crippen molar-refractivity contribution in [2.45, 2.75) is 33.2 Å². The van der Waals surface area contributed by atoms with Gasteiger partial charge in [-0.05, 0) is 50.4 Å². The number of aliphatic imine (C=N–C) groups is 1. The van der Waals surface area contributed by atoms with E-state index in [2.05, 4.69) is 20.5 Å². The van der Waals surface area contributed by atoms with Gasteiger partial charge in [0.05, 0.1) is 19.8 Å². The summed E-state index contributed by atoms with van der Waals surface area (Å²) < 4.78 is 19.0. The average Bonchev–Trinajstić information content (AvgIpc) is 2.63. The number of morpholine rings is 1. The summed E-state index contributed by atoms with van der Waals surface area (Å²) in [5, 5.41) is 6.59. The lowest BCUT2D eigenvalue weighted by molar-refractivity contribution is 0.0372. The topological polar surface area (TPSA) is 48.9 Å². The molecule has 5 nitrogen and oxygen atoms in total. The Kier molecular flexibility index (Phi) is 11.8. The Morgan fingerprint density at radius 2 is 2.00 bits per heavy atom. The SMILES string of the molecule is CCNC(=NCc1ccc(C)c(F)c1)NCCCCN1CCOCC1.I. The summed E-state index contributed by atoms with van der Waals surface area (Å²) in [7, 11) is 0. The molecule has 1 aromatic carbocycles. The van der Waals surface area contributed by atoms with Crippen LogP contribution in [0, 0.1) is 12.7 Å². The Morgan fingerprint density at radius 1 is 1.23 bits per heavy atom. The third kappa shape index (κ3) is 8.64. The van der Waals surface area contributed by atoms with Crippen molar-refractivity contribution < 1.29 is 9.13 Å². The average molecular weight is 478 g/mol. The second-order valence-electron chi connectivity index (χ2n) is 6.37. The van der Waals surface area contributed by atoms with Gasteiger partial charge in [0.15, 0.2) is 5.96 Å². The van der Waals surface area contributed by atoms with Crippen molar-refractivity contribution in [1.29, 1.82) is 0 Å². The van der Waals surface area contributed by atoms with Gasteiger partial charge in [-0.1, -0.05) is 12.1 Å². The molecule has 0 unspecified atom stereocenters. The Hall–Kier alpha value is -0.930. The standard InChI is InChI=1S/C19H31FN4O.HI/c1-3-21-19(23-15-17-7-6-16(2)18(20)14-17)22-8-4-5-9-24-10-12-25-13-11-24;/h6-7,14H,3-5,8-13,15H2,1-2H3,(H2,21,22,23);1H. The molecule has 1 aliphatic heterocycles. The third-order valence-electron chi connectivity index (χ3n) is 4.30. The van der Waals surface area contributed by atoms with Crippen molar-refractivity contribution in [3.63, 3.8) is 0 Å². The monoisotopic (exact) mass is 478 g/mol. The molecule has 0 aromatic heterocycles. The van der Waals surface area contributed by atoms with Gasteiger partial charge in [-0.15, -0.1) is 24.0 Å². The smallest absolute Gasteiger partial charge is 0.191 e. The Labute approximate surface area is 173 Å². The van der Waals surface area contributed by atoms with E-state index in [0.29, 0.717) is 12.1 Å². The Morgan fingerprint density at radius 3 is 2.69 bits per heavy atom. The zero-order valence-electron chi connectivity index (χ0n) is 15.9. The van der Waals surface area contributed by atoms with E-state index in [9.17, 15) is 4.39 Å². The lowest BCUT2D eigenvalue weighted by atomic mass is 10.1. The highest BCUT2D eigenvalue weighted by Gasteiger charge is 2.09. The molecular weight excluding hydrogens is 446 g/mol. The van der Waals surface area contributed by atoms with E-state index in [0.717, 1.165) is 70.3 Å². The number of halogens is 2. The zero-order valence-corrected chi connectivity index (χ0v) is 18.2. The molecule has 148 valence electrons. The molecule has 1 fully saturated rings. The van der Waals surface area contributed by atoms with Crippen LogP contribution in [0.15, 0.2) is 23.2 Å². The van der Waals surface area contributed by atoms with Crippen LogP contribution in [0.1, 0.15) is 30.9 Å². The predicted octanol–water partition coefficient (Wildman–Crippen LogP) is 2.92. The molecule has 7 heteroatoms. The minimum Gasteiger partial charge on any atom is -0.379 e. The van der Waals surface area contributed by atoms with Crippen molar-refractivity contribution in [2.24, 2.45) is 4.99 Å². The van der Waals surface area contributed by atoms with E-state index in [1.807, 2.05) is 13.0 Å². The number of aryl methyl sites for hydroxylation is 1. The van der Waals surface area contributed by atoms with Gasteiger partial charge in [0.1, 0.15) is 5.82 Å². The van der Waals surface area contributed by atoms with Gasteiger partial charge >= 0.3 is 0 Å². The number of nitrogens with one attached hydrogen (secondary N) is 2. The summed E-state index contributed by atoms with van der Waals surface area (Å²) in [6, 6.07) is 5.28. The fourth-order valence-corrected chi connectivity index (χ4v) is 2.74. The van der Waals surface area contributed by atoms with E-state index in [4.69, 9.17) is 4.74 Å². The van der Waals surface area contributed by atoms with Crippen LogP contribution in [-0.2, 0) is 11.3 Å². The summed E-state index contributed by atoms with van der Waals surface area (Å²) in [5.74, 6) is 0.614. The summed E-state index contributed by atoms with van der Waals surface area (Å²) in [4.78, 5) is 7.00. The van der Waals surface area contributed by atoms with Gasteiger partial charge in [0.2, 0.25) is 0 Å². The number of hydrogen-bond acceptors (Lipinski definition) is 3. The van der Waals surface area contributed by atoms with Crippen LogP contribution in [0.4, 0.5) is 4.39 Å². The summed E-state index contributed by atoms with van der Waals surface area (Å²) in [6.07, 6.45) is 2.26. The van der Waals surface area contributed by atoms with Gasteiger partial charge < -0.3 is 15.4 Å². The van der Waals surface area contributed by atoms with Crippen molar-refractivity contribution >= 4 is 29.9 Å². The maximum Gasteiger partial charge on any atom is 0.191 e. The molecule has 0 amide bonds. The number of guanidine groups is 1. The fraction of sp³-hybridized carbons (Fsp3) is 0.632. The maximum atomic E-state index is 13.6. The maximum absolute atomic E-state index is 13.6. The minimum absolute atomic E-state index is 0. The number of unbranched alkanes of at least 4 members (excludes halogenated alkanes) is 1. The number of benzene rings is 1. The van der Waals surface area contributed by atoms with Crippen molar-refractivity contribution in [2.75, 3.05) is 45.9 Å². The Balaban J connectivity index is 0.00000338. The Bertz CT molecular complexity index is 550. The van der Waals surface area contributed by atoms with Gasteiger partial charge in [0, 0.05) is 26.2 Å². The first-order valence-electron chi connectivity index (χ1n) is 9.26. The van der Waals surface area contributed by atoms with Crippen LogP contribution < -0.4 is 10.6 Å².